The van der Waals surface area contributed by atoms with Crippen LogP contribution in [-0.2, 0) is 0 Å². The summed E-state index contributed by atoms with van der Waals surface area (Å²) in [4.78, 5) is 8.02. The van der Waals surface area contributed by atoms with Gasteiger partial charge >= 0.3 is 0 Å². The van der Waals surface area contributed by atoms with Gasteiger partial charge in [-0.25, -0.2) is 9.97 Å². The Kier molecular flexibility index (Phi) is 3.41. The lowest BCUT2D eigenvalue weighted by Gasteiger charge is -2.02. The summed E-state index contributed by atoms with van der Waals surface area (Å²) in [6, 6.07) is 8.89. The van der Waals surface area contributed by atoms with E-state index in [-0.39, 0.29) is 12.4 Å². The molecule has 17 heavy (non-hydrogen) atoms. The molecule has 2 N–H and O–H groups in total. The van der Waals surface area contributed by atoms with Crippen LogP contribution in [0.2, 0.25) is 0 Å². The molecule has 1 aromatic carbocycles. The fourth-order valence-corrected chi connectivity index (χ4v) is 1.97. The van der Waals surface area contributed by atoms with Crippen molar-refractivity contribution in [3.63, 3.8) is 0 Å². The highest BCUT2D eigenvalue weighted by Gasteiger charge is 2.34. The summed E-state index contributed by atoms with van der Waals surface area (Å²) in [5.41, 5.74) is 9.37. The van der Waals surface area contributed by atoms with E-state index in [1.807, 2.05) is 12.4 Å². The minimum Gasteiger partial charge on any atom is -0.327 e. The minimum atomic E-state index is 0. The zero-order valence-electron chi connectivity index (χ0n) is 9.28. The monoisotopic (exact) mass is 247 g/mol. The molecule has 1 fully saturated rings. The van der Waals surface area contributed by atoms with Crippen molar-refractivity contribution in [1.29, 1.82) is 0 Å². The van der Waals surface area contributed by atoms with Crippen molar-refractivity contribution >= 4 is 12.4 Å². The SMILES string of the molecule is Cl.NC1CC1c1ccc(-c2cncnc2)cc1. The zero-order valence-corrected chi connectivity index (χ0v) is 10.1. The highest BCUT2D eigenvalue weighted by Crippen LogP contribution is 2.39. The fourth-order valence-electron chi connectivity index (χ4n) is 1.97. The first-order chi connectivity index (χ1) is 7.84. The number of nitrogens with zero attached hydrogens (tertiary/aromatic N) is 2. The van der Waals surface area contributed by atoms with E-state index in [0.717, 1.165) is 17.5 Å². The van der Waals surface area contributed by atoms with E-state index in [2.05, 4.69) is 34.2 Å². The Morgan fingerprint density at radius 2 is 1.59 bits per heavy atom. The summed E-state index contributed by atoms with van der Waals surface area (Å²) in [7, 11) is 0. The summed E-state index contributed by atoms with van der Waals surface area (Å²) in [5.74, 6) is 0.570. The van der Waals surface area contributed by atoms with Crippen LogP contribution in [-0.4, -0.2) is 16.0 Å². The summed E-state index contributed by atoms with van der Waals surface area (Å²) >= 11 is 0. The van der Waals surface area contributed by atoms with Crippen LogP contribution in [0.25, 0.3) is 11.1 Å². The molecule has 0 amide bonds. The highest BCUT2D eigenvalue weighted by atomic mass is 35.5. The first-order valence-electron chi connectivity index (χ1n) is 5.45. The number of nitrogens with two attached hydrogens (primary N) is 1. The van der Waals surface area contributed by atoms with Gasteiger partial charge in [0.25, 0.3) is 0 Å². The largest absolute Gasteiger partial charge is 0.327 e. The Morgan fingerprint density at radius 3 is 2.12 bits per heavy atom. The first kappa shape index (κ1) is 12.0. The number of hydrogen-bond donors (Lipinski definition) is 1. The molecule has 3 nitrogen and oxygen atoms in total. The quantitative estimate of drug-likeness (QED) is 0.887. The number of benzene rings is 1. The molecule has 1 aliphatic carbocycles. The molecule has 88 valence electrons. The molecular weight excluding hydrogens is 234 g/mol. The van der Waals surface area contributed by atoms with Gasteiger partial charge < -0.3 is 5.73 Å². The Hall–Kier alpha value is -1.45. The topological polar surface area (TPSA) is 51.8 Å². The maximum absolute atomic E-state index is 5.83. The van der Waals surface area contributed by atoms with Gasteiger partial charge in [-0.15, -0.1) is 12.4 Å². The molecular formula is C13H14ClN3. The zero-order chi connectivity index (χ0) is 11.0. The summed E-state index contributed by atoms with van der Waals surface area (Å²) in [5, 5.41) is 0. The van der Waals surface area contributed by atoms with Crippen molar-refractivity contribution in [1.82, 2.24) is 9.97 Å². The second-order valence-corrected chi connectivity index (χ2v) is 4.26. The molecule has 2 aromatic rings. The average Bonchev–Trinajstić information content (AvgIpc) is 3.08. The average molecular weight is 248 g/mol. The molecule has 2 unspecified atom stereocenters. The molecule has 0 saturated heterocycles. The van der Waals surface area contributed by atoms with Crippen LogP contribution in [0.15, 0.2) is 43.0 Å². The summed E-state index contributed by atoms with van der Waals surface area (Å²) in [6.45, 7) is 0. The first-order valence-corrected chi connectivity index (χ1v) is 5.45. The summed E-state index contributed by atoms with van der Waals surface area (Å²) in [6.07, 6.45) is 6.31. The van der Waals surface area contributed by atoms with Gasteiger partial charge in [-0.3, -0.25) is 0 Å². The maximum Gasteiger partial charge on any atom is 0.115 e. The molecule has 4 heteroatoms. The van der Waals surface area contributed by atoms with Crippen molar-refractivity contribution < 1.29 is 0 Å². The lowest BCUT2D eigenvalue weighted by Crippen LogP contribution is -2.00. The lowest BCUT2D eigenvalue weighted by molar-refractivity contribution is 0.991. The van der Waals surface area contributed by atoms with Crippen LogP contribution in [0.4, 0.5) is 0 Å². The Balaban J connectivity index is 0.00000108. The van der Waals surface area contributed by atoms with Gasteiger partial charge in [0.2, 0.25) is 0 Å². The third kappa shape index (κ3) is 2.46. The van der Waals surface area contributed by atoms with Crippen molar-refractivity contribution in [2.45, 2.75) is 18.4 Å². The predicted molar refractivity (Wildman–Crippen MR) is 70.0 cm³/mol. The van der Waals surface area contributed by atoms with Crippen LogP contribution in [0.5, 0.6) is 0 Å². The summed E-state index contributed by atoms with van der Waals surface area (Å²) < 4.78 is 0. The van der Waals surface area contributed by atoms with Gasteiger partial charge in [0.05, 0.1) is 0 Å². The van der Waals surface area contributed by atoms with Crippen molar-refractivity contribution in [2.24, 2.45) is 5.73 Å². The minimum absolute atomic E-state index is 0. The van der Waals surface area contributed by atoms with Gasteiger partial charge in [-0.2, -0.15) is 0 Å². The van der Waals surface area contributed by atoms with Crippen LogP contribution in [0, 0.1) is 0 Å². The molecule has 1 heterocycles. The van der Waals surface area contributed by atoms with Crippen molar-refractivity contribution in [2.75, 3.05) is 0 Å². The third-order valence-electron chi connectivity index (χ3n) is 3.07. The lowest BCUT2D eigenvalue weighted by atomic mass is 10.0. The molecule has 0 spiro atoms. The molecule has 0 bridgehead atoms. The normalized spacial score (nSPS) is 21.7. The van der Waals surface area contributed by atoms with Crippen LogP contribution >= 0.6 is 12.4 Å². The van der Waals surface area contributed by atoms with E-state index < -0.39 is 0 Å². The fraction of sp³-hybridized carbons (Fsp3) is 0.231. The maximum atomic E-state index is 5.83. The number of halogens is 1. The smallest absolute Gasteiger partial charge is 0.115 e. The van der Waals surface area contributed by atoms with Gasteiger partial charge in [-0.1, -0.05) is 24.3 Å². The molecule has 1 aromatic heterocycles. The predicted octanol–water partition coefficient (Wildman–Crippen LogP) is 2.38. The van der Waals surface area contributed by atoms with E-state index in [4.69, 9.17) is 5.73 Å². The standard InChI is InChI=1S/C13H13N3.ClH/c14-13-5-12(13)10-3-1-9(2-4-10)11-6-15-8-16-7-11;/h1-4,6-8,12-13H,5,14H2;1H. The van der Waals surface area contributed by atoms with E-state index in [1.54, 1.807) is 6.33 Å². The van der Waals surface area contributed by atoms with Crippen molar-refractivity contribution in [3.05, 3.63) is 48.5 Å². The molecule has 0 aliphatic heterocycles. The van der Waals surface area contributed by atoms with Gasteiger partial charge in [0.1, 0.15) is 6.33 Å². The van der Waals surface area contributed by atoms with Crippen LogP contribution < -0.4 is 5.73 Å². The Bertz CT molecular complexity index is 484. The van der Waals surface area contributed by atoms with E-state index in [1.165, 1.54) is 5.56 Å². The van der Waals surface area contributed by atoms with Crippen molar-refractivity contribution in [3.8, 4) is 11.1 Å². The highest BCUT2D eigenvalue weighted by molar-refractivity contribution is 5.85. The second kappa shape index (κ2) is 4.82. The second-order valence-electron chi connectivity index (χ2n) is 4.26. The molecule has 2 atom stereocenters. The van der Waals surface area contributed by atoms with Crippen LogP contribution in [0.1, 0.15) is 17.9 Å². The van der Waals surface area contributed by atoms with Crippen LogP contribution in [0.3, 0.4) is 0 Å². The van der Waals surface area contributed by atoms with E-state index in [9.17, 15) is 0 Å². The van der Waals surface area contributed by atoms with Gasteiger partial charge in [-0.05, 0) is 17.5 Å². The molecule has 0 radical (unpaired) electrons. The molecule has 1 aliphatic rings. The Labute approximate surface area is 107 Å². The van der Waals surface area contributed by atoms with Gasteiger partial charge in [0.15, 0.2) is 0 Å². The Morgan fingerprint density at radius 1 is 1.00 bits per heavy atom. The number of aromatic nitrogens is 2. The number of hydrogen-bond acceptors (Lipinski definition) is 3. The molecule has 3 rings (SSSR count). The number of rotatable bonds is 2. The molecule has 1 saturated carbocycles. The third-order valence-corrected chi connectivity index (χ3v) is 3.07. The van der Waals surface area contributed by atoms with Gasteiger partial charge in [0, 0.05) is 29.9 Å². The van der Waals surface area contributed by atoms with E-state index >= 15 is 0 Å². The van der Waals surface area contributed by atoms with E-state index in [0.29, 0.717) is 12.0 Å².